The third kappa shape index (κ3) is 4.52. The van der Waals surface area contributed by atoms with E-state index in [4.69, 9.17) is 22.7 Å². The number of aliphatic imine (C=N–C) groups is 1. The summed E-state index contributed by atoms with van der Waals surface area (Å²) < 4.78 is 0. The molecule has 0 saturated heterocycles. The van der Waals surface area contributed by atoms with Gasteiger partial charge in [0, 0.05) is 12.8 Å². The Kier molecular flexibility index (Phi) is 5.97. The Morgan fingerprint density at radius 1 is 1.62 bits per heavy atom. The quantitative estimate of drug-likeness (QED) is 0.590. The lowest BCUT2D eigenvalue weighted by Gasteiger charge is -2.06. The van der Waals surface area contributed by atoms with E-state index in [1.807, 2.05) is 13.8 Å². The summed E-state index contributed by atoms with van der Waals surface area (Å²) >= 11 is 5.42. The topological polar surface area (TPSA) is 74.3 Å². The Morgan fingerprint density at radius 2 is 2.23 bits per heavy atom. The Balaban J connectivity index is 4.66. The highest BCUT2D eigenvalue weighted by molar-refractivity contribution is 6.68. The molecule has 4 N–H and O–H groups in total. The minimum Gasteiger partial charge on any atom is -0.393 e. The van der Waals surface area contributed by atoms with Gasteiger partial charge in [-0.15, -0.1) is 0 Å². The Bertz CT molecular complexity index is 232. The molecule has 0 saturated carbocycles. The molecule has 0 fully saturated rings. The van der Waals surface area contributed by atoms with Crippen LogP contribution in [0.1, 0.15) is 20.3 Å². The molecule has 0 rings (SSSR count). The minimum atomic E-state index is -0.191. The molecule has 13 heavy (non-hydrogen) atoms. The second-order valence-corrected chi connectivity index (χ2v) is 2.70. The van der Waals surface area contributed by atoms with Crippen LogP contribution in [-0.2, 0) is 0 Å². The van der Waals surface area contributed by atoms with E-state index in [1.54, 1.807) is 6.21 Å². The van der Waals surface area contributed by atoms with Crippen molar-refractivity contribution in [3.63, 3.8) is 0 Å². The third-order valence-corrected chi connectivity index (χ3v) is 1.44. The van der Waals surface area contributed by atoms with Crippen LogP contribution in [0.15, 0.2) is 16.5 Å². The summed E-state index contributed by atoms with van der Waals surface area (Å²) in [6.07, 6.45) is 2.53. The van der Waals surface area contributed by atoms with Gasteiger partial charge >= 0.3 is 0 Å². The van der Waals surface area contributed by atoms with Gasteiger partial charge in [0.1, 0.15) is 10.9 Å². The van der Waals surface area contributed by atoms with Gasteiger partial charge in [-0.25, -0.2) is 4.99 Å². The fraction of sp³-hybridized carbons (Fsp3) is 0.500. The SMILES string of the molecule is CCC=N/C(NCC)=C(/N)C(=N)Cl. The van der Waals surface area contributed by atoms with Gasteiger partial charge in [0.15, 0.2) is 5.82 Å². The largest absolute Gasteiger partial charge is 0.393 e. The van der Waals surface area contributed by atoms with E-state index in [1.165, 1.54) is 0 Å². The fourth-order valence-electron chi connectivity index (χ4n) is 0.664. The van der Waals surface area contributed by atoms with Crippen LogP contribution in [0.4, 0.5) is 0 Å². The van der Waals surface area contributed by atoms with Crippen molar-refractivity contribution in [2.24, 2.45) is 10.7 Å². The molecule has 5 heteroatoms. The first-order chi connectivity index (χ1) is 6.13. The van der Waals surface area contributed by atoms with E-state index in [0.717, 1.165) is 6.42 Å². The first-order valence-corrected chi connectivity index (χ1v) is 4.51. The van der Waals surface area contributed by atoms with Crippen molar-refractivity contribution in [2.45, 2.75) is 20.3 Å². The molecule has 0 spiro atoms. The van der Waals surface area contributed by atoms with Gasteiger partial charge in [-0.05, 0) is 13.3 Å². The van der Waals surface area contributed by atoms with Crippen molar-refractivity contribution in [2.75, 3.05) is 6.54 Å². The number of hydrogen-bond donors (Lipinski definition) is 3. The van der Waals surface area contributed by atoms with Crippen LogP contribution in [0.25, 0.3) is 0 Å². The molecule has 74 valence electrons. The van der Waals surface area contributed by atoms with Crippen molar-refractivity contribution in [1.82, 2.24) is 5.32 Å². The summed E-state index contributed by atoms with van der Waals surface area (Å²) in [6.45, 7) is 4.59. The van der Waals surface area contributed by atoms with E-state index >= 15 is 0 Å². The van der Waals surface area contributed by atoms with Crippen LogP contribution in [0.5, 0.6) is 0 Å². The number of nitrogens with two attached hydrogens (primary N) is 1. The van der Waals surface area contributed by atoms with Crippen LogP contribution in [-0.4, -0.2) is 17.9 Å². The van der Waals surface area contributed by atoms with E-state index in [9.17, 15) is 0 Å². The fourth-order valence-corrected chi connectivity index (χ4v) is 0.754. The zero-order chi connectivity index (χ0) is 10.3. The van der Waals surface area contributed by atoms with Crippen LogP contribution in [0.2, 0.25) is 0 Å². The lowest BCUT2D eigenvalue weighted by Crippen LogP contribution is -2.19. The van der Waals surface area contributed by atoms with Crippen molar-refractivity contribution >= 4 is 23.0 Å². The first-order valence-electron chi connectivity index (χ1n) is 4.14. The molecular formula is C8H15ClN4. The maximum Gasteiger partial charge on any atom is 0.151 e. The second kappa shape index (κ2) is 6.48. The summed E-state index contributed by atoms with van der Waals surface area (Å²) in [5.41, 5.74) is 5.71. The molecular weight excluding hydrogens is 188 g/mol. The number of nitrogens with one attached hydrogen (secondary N) is 2. The highest BCUT2D eigenvalue weighted by atomic mass is 35.5. The van der Waals surface area contributed by atoms with Gasteiger partial charge in [0.25, 0.3) is 0 Å². The van der Waals surface area contributed by atoms with Crippen molar-refractivity contribution in [1.29, 1.82) is 5.41 Å². The molecule has 0 aliphatic carbocycles. The summed E-state index contributed by atoms with van der Waals surface area (Å²) in [5, 5.41) is 9.85. The lowest BCUT2D eigenvalue weighted by molar-refractivity contribution is 0.830. The summed E-state index contributed by atoms with van der Waals surface area (Å²) in [6, 6.07) is 0. The number of halogens is 1. The smallest absolute Gasteiger partial charge is 0.151 e. The van der Waals surface area contributed by atoms with Crippen LogP contribution in [0.3, 0.4) is 0 Å². The Hall–Kier alpha value is -1.03. The molecule has 0 atom stereocenters. The molecule has 0 aliphatic rings. The maximum absolute atomic E-state index is 7.11. The molecule has 0 aromatic heterocycles. The maximum atomic E-state index is 7.11. The molecule has 0 amide bonds. The van der Waals surface area contributed by atoms with Crippen molar-refractivity contribution < 1.29 is 0 Å². The Morgan fingerprint density at radius 3 is 2.62 bits per heavy atom. The molecule has 0 aliphatic heterocycles. The zero-order valence-corrected chi connectivity index (χ0v) is 8.65. The third-order valence-electron chi connectivity index (χ3n) is 1.24. The molecule has 4 nitrogen and oxygen atoms in total. The van der Waals surface area contributed by atoms with E-state index in [-0.39, 0.29) is 10.9 Å². The molecule has 0 radical (unpaired) electrons. The van der Waals surface area contributed by atoms with Gasteiger partial charge in [0.2, 0.25) is 0 Å². The van der Waals surface area contributed by atoms with Gasteiger partial charge in [-0.3, -0.25) is 5.41 Å². The van der Waals surface area contributed by atoms with Crippen LogP contribution >= 0.6 is 11.6 Å². The predicted molar refractivity (Wildman–Crippen MR) is 57.3 cm³/mol. The van der Waals surface area contributed by atoms with Gasteiger partial charge in [-0.2, -0.15) is 0 Å². The standard InChI is InChI=1S/C8H15ClN4/c1-3-5-13-8(12-4-2)6(10)7(9)11/h5,11-12H,3-4,10H2,1-2H3/b8-6+,11-7?,13-5?. The number of rotatable bonds is 5. The van der Waals surface area contributed by atoms with Gasteiger partial charge < -0.3 is 11.1 Å². The van der Waals surface area contributed by atoms with Crippen molar-refractivity contribution in [3.05, 3.63) is 11.5 Å². The number of allylic oxidation sites excluding steroid dienone is 1. The highest BCUT2D eigenvalue weighted by Crippen LogP contribution is 2.01. The summed E-state index contributed by atoms with van der Waals surface area (Å²) in [7, 11) is 0. The summed E-state index contributed by atoms with van der Waals surface area (Å²) in [5.74, 6) is 0.462. The molecule has 0 aromatic carbocycles. The zero-order valence-electron chi connectivity index (χ0n) is 7.89. The summed E-state index contributed by atoms with van der Waals surface area (Å²) in [4.78, 5) is 4.05. The van der Waals surface area contributed by atoms with Gasteiger partial charge in [0.05, 0.1) is 0 Å². The highest BCUT2D eigenvalue weighted by Gasteiger charge is 2.03. The monoisotopic (exact) mass is 202 g/mol. The number of hydrogen-bond acceptors (Lipinski definition) is 4. The van der Waals surface area contributed by atoms with E-state index < -0.39 is 0 Å². The number of nitrogens with zero attached hydrogens (tertiary/aromatic N) is 1. The van der Waals surface area contributed by atoms with Crippen LogP contribution < -0.4 is 11.1 Å². The minimum absolute atomic E-state index is 0.174. The average Bonchev–Trinajstić information content (AvgIpc) is 2.11. The van der Waals surface area contributed by atoms with Gasteiger partial charge in [-0.1, -0.05) is 18.5 Å². The first kappa shape index (κ1) is 12.0. The van der Waals surface area contributed by atoms with E-state index in [2.05, 4.69) is 10.3 Å². The normalized spacial score (nSPS) is 12.8. The molecule has 0 bridgehead atoms. The second-order valence-electron chi connectivity index (χ2n) is 2.33. The molecule has 0 aromatic rings. The van der Waals surface area contributed by atoms with Crippen LogP contribution in [0, 0.1) is 5.41 Å². The predicted octanol–water partition coefficient (Wildman–Crippen LogP) is 1.42. The Labute approximate surface area is 83.4 Å². The average molecular weight is 203 g/mol. The lowest BCUT2D eigenvalue weighted by atomic mass is 10.4. The molecule has 0 heterocycles. The van der Waals surface area contributed by atoms with Crippen molar-refractivity contribution in [3.8, 4) is 0 Å². The molecule has 0 unspecified atom stereocenters. The van der Waals surface area contributed by atoms with E-state index in [0.29, 0.717) is 12.4 Å².